The molecule has 0 unspecified atom stereocenters. The molecule has 1 aromatic carbocycles. The third-order valence-corrected chi connectivity index (χ3v) is 2.99. The molecule has 1 aromatic heterocycles. The van der Waals surface area contributed by atoms with Crippen LogP contribution in [-0.4, -0.2) is 18.5 Å². The summed E-state index contributed by atoms with van der Waals surface area (Å²) in [6.07, 6.45) is -2.19. The molecule has 23 heavy (non-hydrogen) atoms. The highest BCUT2D eigenvalue weighted by Crippen LogP contribution is 2.33. The van der Waals surface area contributed by atoms with E-state index >= 15 is 0 Å². The van der Waals surface area contributed by atoms with E-state index in [0.717, 1.165) is 18.4 Å². The number of furan rings is 1. The summed E-state index contributed by atoms with van der Waals surface area (Å²) >= 11 is 5.73. The number of rotatable bonds is 4. The van der Waals surface area contributed by atoms with Crippen molar-refractivity contribution in [3.63, 3.8) is 0 Å². The number of hydrogen-bond donors (Lipinski definition) is 1. The molecule has 0 saturated heterocycles. The van der Waals surface area contributed by atoms with Gasteiger partial charge in [-0.3, -0.25) is 4.79 Å². The van der Waals surface area contributed by atoms with Gasteiger partial charge in [0, 0.05) is 0 Å². The average Bonchev–Trinajstić information content (AvgIpc) is 3.00. The van der Waals surface area contributed by atoms with Gasteiger partial charge in [-0.05, 0) is 24.3 Å². The van der Waals surface area contributed by atoms with E-state index in [1.165, 1.54) is 12.3 Å². The molecule has 1 heterocycles. The molecule has 0 bridgehead atoms. The molecule has 0 saturated carbocycles. The third kappa shape index (κ3) is 4.49. The number of esters is 1. The number of anilines is 1. The van der Waals surface area contributed by atoms with Gasteiger partial charge in [-0.25, -0.2) is 4.79 Å². The van der Waals surface area contributed by atoms with Crippen LogP contribution in [-0.2, 0) is 15.7 Å². The highest BCUT2D eigenvalue weighted by Gasteiger charge is 2.31. The zero-order valence-electron chi connectivity index (χ0n) is 11.3. The van der Waals surface area contributed by atoms with Gasteiger partial charge in [0.1, 0.15) is 6.26 Å². The first-order chi connectivity index (χ1) is 10.8. The maximum atomic E-state index is 12.6. The minimum Gasteiger partial charge on any atom is -0.472 e. The number of hydrogen-bond acceptors (Lipinski definition) is 4. The molecule has 1 amide bonds. The second kappa shape index (κ2) is 6.74. The van der Waals surface area contributed by atoms with E-state index in [1.807, 2.05) is 0 Å². The van der Waals surface area contributed by atoms with Crippen LogP contribution in [0.15, 0.2) is 41.2 Å². The van der Waals surface area contributed by atoms with Gasteiger partial charge in [-0.2, -0.15) is 13.2 Å². The van der Waals surface area contributed by atoms with Crippen molar-refractivity contribution in [1.29, 1.82) is 0 Å². The number of carbonyl (C=O) groups is 2. The van der Waals surface area contributed by atoms with Crippen LogP contribution in [0.1, 0.15) is 15.9 Å². The highest BCUT2D eigenvalue weighted by atomic mass is 35.5. The van der Waals surface area contributed by atoms with Crippen molar-refractivity contribution in [3.05, 3.63) is 52.9 Å². The molecular formula is C14H9ClF3NO4. The number of carbonyl (C=O) groups excluding carboxylic acids is 2. The predicted molar refractivity (Wildman–Crippen MR) is 74.1 cm³/mol. The number of alkyl halides is 3. The Hall–Kier alpha value is -2.48. The summed E-state index contributed by atoms with van der Waals surface area (Å²) in [5, 5.41) is 2.08. The summed E-state index contributed by atoms with van der Waals surface area (Å²) in [6, 6.07) is 3.83. The predicted octanol–water partition coefficient (Wildman–Crippen LogP) is 3.75. The van der Waals surface area contributed by atoms with Gasteiger partial charge in [-0.15, -0.1) is 0 Å². The lowest BCUT2D eigenvalue weighted by atomic mass is 10.2. The van der Waals surface area contributed by atoms with E-state index in [9.17, 15) is 22.8 Å². The maximum Gasteiger partial charge on any atom is 0.416 e. The lowest BCUT2D eigenvalue weighted by molar-refractivity contribution is -0.137. The average molecular weight is 348 g/mol. The van der Waals surface area contributed by atoms with Crippen LogP contribution in [0.4, 0.5) is 18.9 Å². The van der Waals surface area contributed by atoms with E-state index in [2.05, 4.69) is 14.5 Å². The minimum atomic E-state index is -4.57. The van der Waals surface area contributed by atoms with E-state index < -0.39 is 30.2 Å². The number of halogens is 4. The zero-order valence-corrected chi connectivity index (χ0v) is 12.1. The van der Waals surface area contributed by atoms with Crippen LogP contribution in [0.3, 0.4) is 0 Å². The number of nitrogens with one attached hydrogen (secondary N) is 1. The van der Waals surface area contributed by atoms with Crippen LogP contribution in [0.25, 0.3) is 0 Å². The highest BCUT2D eigenvalue weighted by molar-refractivity contribution is 6.33. The van der Waals surface area contributed by atoms with Crippen LogP contribution in [0.5, 0.6) is 0 Å². The van der Waals surface area contributed by atoms with Crippen molar-refractivity contribution < 1.29 is 31.9 Å². The van der Waals surface area contributed by atoms with Crippen LogP contribution in [0.2, 0.25) is 5.02 Å². The lowest BCUT2D eigenvalue weighted by Crippen LogP contribution is -2.21. The van der Waals surface area contributed by atoms with Crippen molar-refractivity contribution in [2.75, 3.05) is 11.9 Å². The van der Waals surface area contributed by atoms with Crippen molar-refractivity contribution in [2.24, 2.45) is 0 Å². The fraction of sp³-hybridized carbons (Fsp3) is 0.143. The number of benzene rings is 1. The first kappa shape index (κ1) is 16.9. The molecule has 9 heteroatoms. The van der Waals surface area contributed by atoms with Crippen molar-refractivity contribution in [2.45, 2.75) is 6.18 Å². The van der Waals surface area contributed by atoms with Crippen molar-refractivity contribution in [1.82, 2.24) is 0 Å². The van der Waals surface area contributed by atoms with Gasteiger partial charge in [0.2, 0.25) is 0 Å². The molecule has 0 radical (unpaired) electrons. The Balaban J connectivity index is 1.99. The molecule has 2 aromatic rings. The molecule has 0 atom stereocenters. The molecule has 2 rings (SSSR count). The molecule has 0 aliphatic heterocycles. The smallest absolute Gasteiger partial charge is 0.416 e. The van der Waals surface area contributed by atoms with Crippen LogP contribution in [0, 0.1) is 0 Å². The van der Waals surface area contributed by atoms with Gasteiger partial charge >= 0.3 is 12.1 Å². The second-order valence-corrected chi connectivity index (χ2v) is 4.74. The summed E-state index contributed by atoms with van der Waals surface area (Å²) in [4.78, 5) is 23.1. The maximum absolute atomic E-state index is 12.6. The van der Waals surface area contributed by atoms with E-state index in [0.29, 0.717) is 6.07 Å². The van der Waals surface area contributed by atoms with E-state index in [1.54, 1.807) is 0 Å². The fourth-order valence-electron chi connectivity index (χ4n) is 1.58. The summed E-state index contributed by atoms with van der Waals surface area (Å²) in [6.45, 7) is -0.684. The summed E-state index contributed by atoms with van der Waals surface area (Å²) in [5.74, 6) is -1.63. The lowest BCUT2D eigenvalue weighted by Gasteiger charge is -2.11. The minimum absolute atomic E-state index is 0.0764. The SMILES string of the molecule is O=C(COC(=O)c1ccoc1)Nc1cc(C(F)(F)F)ccc1Cl. The Labute approximate surface area is 133 Å². The van der Waals surface area contributed by atoms with E-state index in [-0.39, 0.29) is 16.3 Å². The van der Waals surface area contributed by atoms with Crippen molar-refractivity contribution in [3.8, 4) is 0 Å². The normalized spacial score (nSPS) is 11.1. The summed E-state index contributed by atoms with van der Waals surface area (Å²) < 4.78 is 47.2. The fourth-order valence-corrected chi connectivity index (χ4v) is 1.74. The van der Waals surface area contributed by atoms with E-state index in [4.69, 9.17) is 11.6 Å². The van der Waals surface area contributed by atoms with Gasteiger partial charge < -0.3 is 14.5 Å². The largest absolute Gasteiger partial charge is 0.472 e. The Morgan fingerprint density at radius 2 is 2.00 bits per heavy atom. The van der Waals surface area contributed by atoms with Gasteiger partial charge in [0.25, 0.3) is 5.91 Å². The molecule has 0 aliphatic carbocycles. The van der Waals surface area contributed by atoms with Gasteiger partial charge in [0.15, 0.2) is 6.61 Å². The standard InChI is InChI=1S/C14H9ClF3NO4/c15-10-2-1-9(14(16,17)18)5-11(10)19-12(20)7-23-13(21)8-3-4-22-6-8/h1-6H,7H2,(H,19,20). The van der Waals surface area contributed by atoms with Gasteiger partial charge in [-0.1, -0.05) is 11.6 Å². The Kier molecular flexibility index (Phi) is 4.95. The second-order valence-electron chi connectivity index (χ2n) is 4.33. The van der Waals surface area contributed by atoms with Crippen LogP contribution < -0.4 is 5.32 Å². The van der Waals surface area contributed by atoms with Crippen LogP contribution >= 0.6 is 11.6 Å². The molecule has 0 aliphatic rings. The topological polar surface area (TPSA) is 68.5 Å². The molecule has 1 N–H and O–H groups in total. The Bertz CT molecular complexity index is 713. The molecule has 0 spiro atoms. The summed E-state index contributed by atoms with van der Waals surface area (Å²) in [5.41, 5.74) is -1.09. The number of ether oxygens (including phenoxy) is 1. The molecule has 5 nitrogen and oxygen atoms in total. The first-order valence-corrected chi connectivity index (χ1v) is 6.51. The Morgan fingerprint density at radius 3 is 2.61 bits per heavy atom. The first-order valence-electron chi connectivity index (χ1n) is 6.13. The quantitative estimate of drug-likeness (QED) is 0.855. The Morgan fingerprint density at radius 1 is 1.26 bits per heavy atom. The van der Waals surface area contributed by atoms with Crippen molar-refractivity contribution >= 4 is 29.2 Å². The monoisotopic (exact) mass is 347 g/mol. The summed E-state index contributed by atoms with van der Waals surface area (Å²) in [7, 11) is 0. The number of amides is 1. The van der Waals surface area contributed by atoms with Gasteiger partial charge in [0.05, 0.1) is 28.1 Å². The molecule has 122 valence electrons. The molecular weight excluding hydrogens is 339 g/mol. The molecule has 0 fully saturated rings. The zero-order chi connectivity index (χ0) is 17.0. The third-order valence-electron chi connectivity index (χ3n) is 2.66.